The second kappa shape index (κ2) is 12.1. The molecular formula is C10H19NO5. The van der Waals surface area contributed by atoms with Gasteiger partial charge in [0.05, 0.1) is 33.0 Å². The Morgan fingerprint density at radius 1 is 1.12 bits per heavy atom. The van der Waals surface area contributed by atoms with Crippen molar-refractivity contribution >= 4 is 12.7 Å². The minimum absolute atomic E-state index is 0.0647. The topological polar surface area (TPSA) is 66.4 Å². The van der Waals surface area contributed by atoms with Crippen LogP contribution in [0.3, 0.4) is 0 Å². The number of aliphatic imine (C=N–C) groups is 1. The molecule has 0 radical (unpaired) electrons. The molecule has 0 unspecified atom stereocenters. The van der Waals surface area contributed by atoms with E-state index in [1.54, 1.807) is 7.11 Å². The first-order valence-corrected chi connectivity index (χ1v) is 5.03. The molecule has 0 atom stereocenters. The van der Waals surface area contributed by atoms with Gasteiger partial charge in [-0.1, -0.05) is 0 Å². The predicted octanol–water partition coefficient (Wildman–Crippen LogP) is -0.0902. The summed E-state index contributed by atoms with van der Waals surface area (Å²) >= 11 is 0. The summed E-state index contributed by atoms with van der Waals surface area (Å²) in [7, 11) is 1.61. The zero-order valence-corrected chi connectivity index (χ0v) is 9.65. The number of hydrogen-bond acceptors (Lipinski definition) is 6. The van der Waals surface area contributed by atoms with Crippen LogP contribution in [0.1, 0.15) is 0 Å². The number of methoxy groups -OCH3 is 1. The zero-order valence-electron chi connectivity index (χ0n) is 9.65. The lowest BCUT2D eigenvalue weighted by Crippen LogP contribution is -2.17. The van der Waals surface area contributed by atoms with Crippen LogP contribution < -0.4 is 0 Å². The molecule has 0 N–H and O–H groups in total. The van der Waals surface area contributed by atoms with E-state index >= 15 is 0 Å². The summed E-state index contributed by atoms with van der Waals surface area (Å²) in [5.41, 5.74) is 0. The van der Waals surface area contributed by atoms with E-state index in [4.69, 9.17) is 18.9 Å². The Morgan fingerprint density at radius 2 is 1.81 bits per heavy atom. The largest absolute Gasteiger partial charge is 0.462 e. The van der Waals surface area contributed by atoms with Crippen LogP contribution in [0.2, 0.25) is 0 Å². The lowest BCUT2D eigenvalue weighted by atomic mass is 10.6. The fourth-order valence-electron chi connectivity index (χ4n) is 0.783. The average molecular weight is 233 g/mol. The maximum Gasteiger partial charge on any atom is 0.332 e. The molecule has 0 saturated carbocycles. The van der Waals surface area contributed by atoms with E-state index in [0.717, 1.165) is 0 Å². The number of carbonyl (C=O) groups excluding carboxylic acids is 1. The van der Waals surface area contributed by atoms with Crippen molar-refractivity contribution < 1.29 is 23.7 Å². The number of nitrogens with zero attached hydrogens (tertiary/aromatic N) is 1. The molecule has 6 heteroatoms. The Hall–Kier alpha value is -0.980. The Balaban J connectivity index is 3.12. The summed E-state index contributed by atoms with van der Waals surface area (Å²) in [5.74, 6) is -0.402. The fourth-order valence-corrected chi connectivity index (χ4v) is 0.783. The highest BCUT2D eigenvalue weighted by Gasteiger charge is 2.01. The third-order valence-electron chi connectivity index (χ3n) is 1.54. The predicted molar refractivity (Wildman–Crippen MR) is 58.9 cm³/mol. The molecule has 0 aromatic carbocycles. The Bertz CT molecular complexity index is 186. The molecular weight excluding hydrogens is 214 g/mol. The summed E-state index contributed by atoms with van der Waals surface area (Å²) in [6, 6.07) is 0. The molecule has 0 bridgehead atoms. The number of carbonyl (C=O) groups is 1. The highest BCUT2D eigenvalue weighted by molar-refractivity contribution is 5.70. The van der Waals surface area contributed by atoms with E-state index in [1.807, 2.05) is 0 Å². The zero-order chi connectivity index (χ0) is 12.1. The molecule has 0 aromatic heterocycles. The van der Waals surface area contributed by atoms with Crippen molar-refractivity contribution in [3.63, 3.8) is 0 Å². The van der Waals surface area contributed by atoms with Gasteiger partial charge in [0.2, 0.25) is 0 Å². The summed E-state index contributed by atoms with van der Waals surface area (Å²) in [4.78, 5) is 14.5. The quantitative estimate of drug-likeness (QED) is 0.283. The first kappa shape index (κ1) is 15.0. The number of ether oxygens (including phenoxy) is 4. The molecule has 0 spiro atoms. The summed E-state index contributed by atoms with van der Waals surface area (Å²) in [6.07, 6.45) is 0. The van der Waals surface area contributed by atoms with Crippen molar-refractivity contribution in [3.8, 4) is 0 Å². The van der Waals surface area contributed by atoms with E-state index in [1.165, 1.54) is 0 Å². The van der Waals surface area contributed by atoms with Crippen molar-refractivity contribution in [2.24, 2.45) is 4.99 Å². The lowest BCUT2D eigenvalue weighted by molar-refractivity contribution is -0.149. The summed E-state index contributed by atoms with van der Waals surface area (Å²) in [5, 5.41) is 0. The SMILES string of the molecule is C=NCCOC(=O)COCCOCCOC. The van der Waals surface area contributed by atoms with Crippen LogP contribution in [0, 0.1) is 0 Å². The van der Waals surface area contributed by atoms with E-state index < -0.39 is 5.97 Å². The van der Waals surface area contributed by atoms with E-state index in [9.17, 15) is 4.79 Å². The molecule has 0 aliphatic carbocycles. The molecule has 0 amide bonds. The second-order valence-corrected chi connectivity index (χ2v) is 2.83. The van der Waals surface area contributed by atoms with Gasteiger partial charge in [0, 0.05) is 7.11 Å². The lowest BCUT2D eigenvalue weighted by Gasteiger charge is -2.05. The second-order valence-electron chi connectivity index (χ2n) is 2.83. The molecule has 16 heavy (non-hydrogen) atoms. The number of hydrogen-bond donors (Lipinski definition) is 0. The van der Waals surface area contributed by atoms with Gasteiger partial charge in [-0.05, 0) is 6.72 Å². The van der Waals surface area contributed by atoms with Crippen molar-refractivity contribution in [1.29, 1.82) is 0 Å². The van der Waals surface area contributed by atoms with Crippen LogP contribution in [0.5, 0.6) is 0 Å². The van der Waals surface area contributed by atoms with Crippen LogP contribution in [0.25, 0.3) is 0 Å². The molecule has 0 saturated heterocycles. The van der Waals surface area contributed by atoms with Crippen molar-refractivity contribution in [1.82, 2.24) is 0 Å². The standard InChI is InChI=1S/C10H19NO5/c1-11-3-4-16-10(12)9-15-8-7-14-6-5-13-2/h1,3-9H2,2H3. The maximum atomic E-state index is 11.0. The molecule has 0 aliphatic rings. The van der Waals surface area contributed by atoms with Gasteiger partial charge >= 0.3 is 5.97 Å². The highest BCUT2D eigenvalue weighted by Crippen LogP contribution is 1.84. The molecule has 0 aromatic rings. The van der Waals surface area contributed by atoms with Gasteiger partial charge in [0.15, 0.2) is 0 Å². The molecule has 0 fully saturated rings. The Labute approximate surface area is 95.5 Å². The van der Waals surface area contributed by atoms with Crippen molar-refractivity contribution in [2.45, 2.75) is 0 Å². The third-order valence-corrected chi connectivity index (χ3v) is 1.54. The van der Waals surface area contributed by atoms with Crippen molar-refractivity contribution in [2.75, 3.05) is 53.3 Å². The normalized spacial score (nSPS) is 10.1. The monoisotopic (exact) mass is 233 g/mol. The molecule has 0 rings (SSSR count). The first-order chi connectivity index (χ1) is 7.81. The molecule has 94 valence electrons. The van der Waals surface area contributed by atoms with Gasteiger partial charge in [-0.15, -0.1) is 0 Å². The van der Waals surface area contributed by atoms with Gasteiger partial charge in [-0.2, -0.15) is 0 Å². The van der Waals surface area contributed by atoms with Crippen molar-refractivity contribution in [3.05, 3.63) is 0 Å². The van der Waals surface area contributed by atoms with Crippen LogP contribution in [0.4, 0.5) is 0 Å². The smallest absolute Gasteiger partial charge is 0.332 e. The molecule has 0 heterocycles. The van der Waals surface area contributed by atoms with Gasteiger partial charge < -0.3 is 18.9 Å². The number of rotatable bonds is 11. The Kier molecular flexibility index (Phi) is 11.4. The third kappa shape index (κ3) is 11.1. The van der Waals surface area contributed by atoms with Crippen LogP contribution in [-0.2, 0) is 23.7 Å². The Morgan fingerprint density at radius 3 is 2.50 bits per heavy atom. The van der Waals surface area contributed by atoms with Gasteiger partial charge in [0.25, 0.3) is 0 Å². The minimum atomic E-state index is -0.402. The van der Waals surface area contributed by atoms with Crippen LogP contribution >= 0.6 is 0 Å². The molecule has 0 aliphatic heterocycles. The van der Waals surface area contributed by atoms with E-state index in [0.29, 0.717) is 33.0 Å². The summed E-state index contributed by atoms with van der Waals surface area (Å²) in [6.45, 7) is 5.73. The fraction of sp³-hybridized carbons (Fsp3) is 0.800. The average Bonchev–Trinajstić information content (AvgIpc) is 2.28. The van der Waals surface area contributed by atoms with Crippen LogP contribution in [-0.4, -0.2) is 66.0 Å². The van der Waals surface area contributed by atoms with Gasteiger partial charge in [-0.25, -0.2) is 4.79 Å². The molecule has 6 nitrogen and oxygen atoms in total. The highest BCUT2D eigenvalue weighted by atomic mass is 16.6. The minimum Gasteiger partial charge on any atom is -0.462 e. The first-order valence-electron chi connectivity index (χ1n) is 5.03. The van der Waals surface area contributed by atoms with E-state index in [-0.39, 0.29) is 13.2 Å². The number of esters is 1. The van der Waals surface area contributed by atoms with Gasteiger partial charge in [-0.3, -0.25) is 4.99 Å². The van der Waals surface area contributed by atoms with Gasteiger partial charge in [0.1, 0.15) is 13.2 Å². The van der Waals surface area contributed by atoms with Crippen LogP contribution in [0.15, 0.2) is 4.99 Å². The van der Waals surface area contributed by atoms with E-state index in [2.05, 4.69) is 11.7 Å². The maximum absolute atomic E-state index is 11.0. The summed E-state index contributed by atoms with van der Waals surface area (Å²) < 4.78 is 19.7.